The quantitative estimate of drug-likeness (QED) is 0.813. The molecule has 1 amide bonds. The number of aryl methyl sites for hydroxylation is 1. The minimum atomic E-state index is 0. The average Bonchev–Trinajstić information content (AvgIpc) is 2.35. The van der Waals surface area contributed by atoms with Crippen LogP contribution in [0.5, 0.6) is 0 Å². The van der Waals surface area contributed by atoms with Gasteiger partial charge in [0.05, 0.1) is 0 Å². The van der Waals surface area contributed by atoms with Crippen molar-refractivity contribution in [3.8, 4) is 0 Å². The number of nitrogen functional groups attached to an aromatic ring is 1. The summed E-state index contributed by atoms with van der Waals surface area (Å²) in [6.07, 6.45) is 3.38. The summed E-state index contributed by atoms with van der Waals surface area (Å²) < 4.78 is 0. The highest BCUT2D eigenvalue weighted by molar-refractivity contribution is 5.96. The fraction of sp³-hybridized carbons (Fsp3) is 0.588. The predicted octanol–water partition coefficient (Wildman–Crippen LogP) is 3.94. The molecule has 0 bridgehead atoms. The van der Waals surface area contributed by atoms with Crippen molar-refractivity contribution in [1.82, 2.24) is 5.32 Å². The molecule has 0 heterocycles. The van der Waals surface area contributed by atoms with Crippen LogP contribution < -0.4 is 11.1 Å². The van der Waals surface area contributed by atoms with Crippen LogP contribution in [-0.2, 0) is 0 Å². The van der Waals surface area contributed by atoms with Crippen molar-refractivity contribution in [2.75, 3.05) is 5.73 Å². The number of benzene rings is 1. The summed E-state index contributed by atoms with van der Waals surface area (Å²) in [7, 11) is 0. The van der Waals surface area contributed by atoms with Crippen molar-refractivity contribution in [3.63, 3.8) is 0 Å². The van der Waals surface area contributed by atoms with E-state index < -0.39 is 0 Å². The van der Waals surface area contributed by atoms with Crippen molar-refractivity contribution < 1.29 is 4.79 Å². The average molecular weight is 311 g/mol. The SMILES string of the molecule is Cc1ccc(N)cc1C(=O)NC1CCC(C)(C)CC1C.Cl. The first-order chi connectivity index (χ1) is 9.28. The first-order valence-corrected chi connectivity index (χ1v) is 7.45. The van der Waals surface area contributed by atoms with E-state index in [2.05, 4.69) is 26.1 Å². The van der Waals surface area contributed by atoms with Crippen molar-refractivity contribution >= 4 is 24.0 Å². The Kier molecular flexibility index (Phi) is 5.68. The molecular weight excluding hydrogens is 284 g/mol. The molecule has 0 saturated heterocycles. The van der Waals surface area contributed by atoms with Gasteiger partial charge in [0, 0.05) is 17.3 Å². The van der Waals surface area contributed by atoms with Gasteiger partial charge in [-0.1, -0.05) is 26.8 Å². The van der Waals surface area contributed by atoms with Gasteiger partial charge in [0.15, 0.2) is 0 Å². The largest absolute Gasteiger partial charge is 0.399 e. The summed E-state index contributed by atoms with van der Waals surface area (Å²) in [5, 5.41) is 3.20. The third kappa shape index (κ3) is 4.37. The van der Waals surface area contributed by atoms with E-state index in [9.17, 15) is 4.79 Å². The van der Waals surface area contributed by atoms with Crippen LogP contribution in [0.3, 0.4) is 0 Å². The van der Waals surface area contributed by atoms with Crippen molar-refractivity contribution in [2.45, 2.75) is 53.0 Å². The van der Waals surface area contributed by atoms with Gasteiger partial charge in [-0.05, 0) is 55.2 Å². The lowest BCUT2D eigenvalue weighted by atomic mass is 9.70. The van der Waals surface area contributed by atoms with Gasteiger partial charge in [-0.25, -0.2) is 0 Å². The Hall–Kier alpha value is -1.22. The van der Waals surface area contributed by atoms with Crippen LogP contribution in [0.4, 0.5) is 5.69 Å². The molecule has 1 aromatic rings. The third-order valence-electron chi connectivity index (χ3n) is 4.52. The summed E-state index contributed by atoms with van der Waals surface area (Å²) >= 11 is 0. The first-order valence-electron chi connectivity index (χ1n) is 7.45. The van der Waals surface area contributed by atoms with Gasteiger partial charge in [0.25, 0.3) is 5.91 Å². The van der Waals surface area contributed by atoms with E-state index in [0.29, 0.717) is 22.6 Å². The van der Waals surface area contributed by atoms with Gasteiger partial charge in [0.2, 0.25) is 0 Å². The minimum absolute atomic E-state index is 0. The third-order valence-corrected chi connectivity index (χ3v) is 4.52. The first kappa shape index (κ1) is 17.8. The summed E-state index contributed by atoms with van der Waals surface area (Å²) in [6, 6.07) is 5.77. The van der Waals surface area contributed by atoms with Crippen LogP contribution in [0.1, 0.15) is 56.0 Å². The number of anilines is 1. The predicted molar refractivity (Wildman–Crippen MR) is 90.9 cm³/mol. The van der Waals surface area contributed by atoms with Gasteiger partial charge in [-0.2, -0.15) is 0 Å². The lowest BCUT2D eigenvalue weighted by Crippen LogP contribution is -2.44. The Bertz CT molecular complexity index is 514. The molecule has 0 aromatic heterocycles. The Labute approximate surface area is 134 Å². The number of halogens is 1. The molecular formula is C17H27ClN2O. The Balaban J connectivity index is 0.00000220. The molecule has 1 saturated carbocycles. The number of nitrogens with one attached hydrogen (secondary N) is 1. The molecule has 3 N–H and O–H groups in total. The normalized spacial score (nSPS) is 24.0. The van der Waals surface area contributed by atoms with E-state index >= 15 is 0 Å². The van der Waals surface area contributed by atoms with Gasteiger partial charge in [0.1, 0.15) is 0 Å². The fourth-order valence-electron chi connectivity index (χ4n) is 3.29. The van der Waals surface area contributed by atoms with E-state index in [1.165, 1.54) is 0 Å². The molecule has 1 aliphatic carbocycles. The Morgan fingerprint density at radius 1 is 1.38 bits per heavy atom. The van der Waals surface area contributed by atoms with E-state index in [1.807, 2.05) is 19.1 Å². The zero-order chi connectivity index (χ0) is 14.9. The van der Waals surface area contributed by atoms with Crippen molar-refractivity contribution in [2.24, 2.45) is 11.3 Å². The highest BCUT2D eigenvalue weighted by Crippen LogP contribution is 2.38. The monoisotopic (exact) mass is 310 g/mol. The molecule has 118 valence electrons. The molecule has 1 fully saturated rings. The molecule has 1 aliphatic rings. The van der Waals surface area contributed by atoms with Crippen LogP contribution in [0.2, 0.25) is 0 Å². The van der Waals surface area contributed by atoms with Crippen molar-refractivity contribution in [1.29, 1.82) is 0 Å². The van der Waals surface area contributed by atoms with E-state index in [0.717, 1.165) is 24.8 Å². The maximum Gasteiger partial charge on any atom is 0.251 e. The maximum atomic E-state index is 12.4. The minimum Gasteiger partial charge on any atom is -0.399 e. The molecule has 1 aromatic carbocycles. The number of carbonyl (C=O) groups is 1. The fourth-order valence-corrected chi connectivity index (χ4v) is 3.29. The van der Waals surface area contributed by atoms with Crippen LogP contribution >= 0.6 is 12.4 Å². The lowest BCUT2D eigenvalue weighted by molar-refractivity contribution is 0.0861. The number of hydrogen-bond donors (Lipinski definition) is 2. The molecule has 2 rings (SSSR count). The van der Waals surface area contributed by atoms with E-state index in [-0.39, 0.29) is 24.4 Å². The number of nitrogens with two attached hydrogens (primary N) is 1. The van der Waals surface area contributed by atoms with Crippen molar-refractivity contribution in [3.05, 3.63) is 29.3 Å². The molecule has 4 heteroatoms. The standard InChI is InChI=1S/C17H26N2O.ClH/c1-11-5-6-13(18)9-14(11)16(20)19-15-7-8-17(3,4)10-12(15)2;/h5-6,9,12,15H,7-8,10,18H2,1-4H3,(H,19,20);1H. The Morgan fingerprint density at radius 2 is 2.05 bits per heavy atom. The van der Waals surface area contributed by atoms with Crippen LogP contribution in [0.15, 0.2) is 18.2 Å². The van der Waals surface area contributed by atoms with Gasteiger partial charge in [-0.15, -0.1) is 12.4 Å². The molecule has 2 atom stereocenters. The molecule has 3 nitrogen and oxygen atoms in total. The maximum absolute atomic E-state index is 12.4. The second-order valence-electron chi connectivity index (χ2n) is 7.04. The van der Waals surface area contributed by atoms with Crippen LogP contribution in [0, 0.1) is 18.3 Å². The van der Waals surface area contributed by atoms with Gasteiger partial charge >= 0.3 is 0 Å². The highest BCUT2D eigenvalue weighted by Gasteiger charge is 2.33. The number of carbonyl (C=O) groups excluding carboxylic acids is 1. The second-order valence-corrected chi connectivity index (χ2v) is 7.04. The smallest absolute Gasteiger partial charge is 0.251 e. The summed E-state index contributed by atoms with van der Waals surface area (Å²) in [6.45, 7) is 8.80. The molecule has 0 aliphatic heterocycles. The topological polar surface area (TPSA) is 55.1 Å². The molecule has 2 unspecified atom stereocenters. The summed E-state index contributed by atoms with van der Waals surface area (Å²) in [5.41, 5.74) is 8.48. The number of rotatable bonds is 2. The summed E-state index contributed by atoms with van der Waals surface area (Å²) in [4.78, 5) is 12.4. The van der Waals surface area contributed by atoms with Crippen LogP contribution in [0.25, 0.3) is 0 Å². The van der Waals surface area contributed by atoms with Gasteiger partial charge in [-0.3, -0.25) is 4.79 Å². The number of hydrogen-bond acceptors (Lipinski definition) is 2. The lowest BCUT2D eigenvalue weighted by Gasteiger charge is -2.39. The molecule has 21 heavy (non-hydrogen) atoms. The molecule has 0 spiro atoms. The summed E-state index contributed by atoms with van der Waals surface area (Å²) in [5.74, 6) is 0.524. The second kappa shape index (κ2) is 6.69. The zero-order valence-electron chi connectivity index (χ0n) is 13.4. The number of amides is 1. The molecule has 0 radical (unpaired) electrons. The zero-order valence-corrected chi connectivity index (χ0v) is 14.2. The van der Waals surface area contributed by atoms with E-state index in [4.69, 9.17) is 5.73 Å². The van der Waals surface area contributed by atoms with E-state index in [1.54, 1.807) is 6.07 Å². The Morgan fingerprint density at radius 3 is 2.67 bits per heavy atom. The van der Waals surface area contributed by atoms with Crippen LogP contribution in [-0.4, -0.2) is 11.9 Å². The highest BCUT2D eigenvalue weighted by atomic mass is 35.5. The van der Waals surface area contributed by atoms with Gasteiger partial charge < -0.3 is 11.1 Å².